The third kappa shape index (κ3) is 7.46. The van der Waals surface area contributed by atoms with Crippen molar-refractivity contribution in [1.82, 2.24) is 0 Å². The fourth-order valence-corrected chi connectivity index (χ4v) is 7.14. The Morgan fingerprint density at radius 1 is 1.02 bits per heavy atom. The Kier molecular flexibility index (Phi) is 10.1. The first-order valence-corrected chi connectivity index (χ1v) is 16.7. The molecular weight excluding hydrogens is 574 g/mol. The number of aliphatic hydroxyl groups excluding tert-OH is 1. The van der Waals surface area contributed by atoms with Crippen LogP contribution in [0.2, 0.25) is 0 Å². The number of carbonyl (C=O) groups is 1. The number of rotatable bonds is 13. The van der Waals surface area contributed by atoms with Gasteiger partial charge in [-0.05, 0) is 73.3 Å². The van der Waals surface area contributed by atoms with Crippen LogP contribution in [0.25, 0.3) is 0 Å². The molecule has 1 heterocycles. The largest absolute Gasteiger partial charge is 0.373 e. The second-order valence-corrected chi connectivity index (χ2v) is 15.2. The van der Waals surface area contributed by atoms with Gasteiger partial charge in [-0.2, -0.15) is 0 Å². The van der Waals surface area contributed by atoms with Crippen molar-refractivity contribution >= 4 is 27.5 Å². The van der Waals surface area contributed by atoms with Crippen LogP contribution in [0.1, 0.15) is 140 Å². The van der Waals surface area contributed by atoms with Crippen molar-refractivity contribution < 1.29 is 14.6 Å². The van der Waals surface area contributed by atoms with Crippen molar-refractivity contribution in [3.8, 4) is 0 Å². The van der Waals surface area contributed by atoms with Gasteiger partial charge in [0, 0.05) is 22.0 Å². The van der Waals surface area contributed by atoms with Gasteiger partial charge >= 0.3 is 0 Å². The molecular formula is C36H52BrNO3. The second-order valence-electron chi connectivity index (χ2n) is 14.3. The summed E-state index contributed by atoms with van der Waals surface area (Å²) < 4.78 is 7.89. The first-order chi connectivity index (χ1) is 19.3. The van der Waals surface area contributed by atoms with Crippen LogP contribution in [0.5, 0.6) is 0 Å². The highest BCUT2D eigenvalue weighted by atomic mass is 79.9. The lowest BCUT2D eigenvalue weighted by atomic mass is 9.84. The molecule has 226 valence electrons. The van der Waals surface area contributed by atoms with Crippen molar-refractivity contribution in [3.63, 3.8) is 0 Å². The Bertz CT molecular complexity index is 1210. The number of hydrogen-bond donors (Lipinski definition) is 1. The van der Waals surface area contributed by atoms with Gasteiger partial charge in [-0.25, -0.2) is 0 Å². The molecule has 0 bridgehead atoms. The maximum atomic E-state index is 14.1. The van der Waals surface area contributed by atoms with Crippen LogP contribution >= 0.6 is 15.9 Å². The van der Waals surface area contributed by atoms with E-state index >= 15 is 0 Å². The summed E-state index contributed by atoms with van der Waals surface area (Å²) in [6.45, 7) is 15.5. The average molecular weight is 627 g/mol. The van der Waals surface area contributed by atoms with Gasteiger partial charge in [-0.1, -0.05) is 114 Å². The maximum Gasteiger partial charge on any atom is 0.260 e. The third-order valence-electron chi connectivity index (χ3n) is 9.28. The van der Waals surface area contributed by atoms with Gasteiger partial charge in [-0.15, -0.1) is 0 Å². The summed E-state index contributed by atoms with van der Waals surface area (Å²) in [4.78, 5) is 15.7. The molecule has 0 radical (unpaired) electrons. The highest BCUT2D eigenvalue weighted by Gasteiger charge is 2.42. The Morgan fingerprint density at radius 3 is 2.32 bits per heavy atom. The molecule has 1 aliphatic carbocycles. The van der Waals surface area contributed by atoms with Gasteiger partial charge in [0.15, 0.2) is 0 Å². The molecule has 2 aromatic carbocycles. The molecule has 2 unspecified atom stereocenters. The van der Waals surface area contributed by atoms with Crippen LogP contribution < -0.4 is 4.90 Å². The van der Waals surface area contributed by atoms with E-state index in [0.717, 1.165) is 41.3 Å². The zero-order valence-corrected chi connectivity index (χ0v) is 28.1. The molecule has 0 spiro atoms. The predicted octanol–water partition coefficient (Wildman–Crippen LogP) is 9.83. The SMILES string of the molecule is CCCCCCCCCC(OC(C)(C)c1c(Br)cccc1N1C(=O)c2cc(C3(C)CC3)ccc2CC1O)C(C)(C)C. The first kappa shape index (κ1) is 32.2. The third-order valence-corrected chi connectivity index (χ3v) is 9.94. The van der Waals surface area contributed by atoms with Gasteiger partial charge in [0.05, 0.1) is 17.4 Å². The minimum absolute atomic E-state index is 0.0321. The van der Waals surface area contributed by atoms with Crippen LogP contribution in [0, 0.1) is 5.41 Å². The van der Waals surface area contributed by atoms with E-state index in [0.29, 0.717) is 17.7 Å². The number of amides is 1. The maximum absolute atomic E-state index is 14.1. The number of ether oxygens (including phenoxy) is 1. The van der Waals surface area contributed by atoms with Crippen molar-refractivity contribution in [2.75, 3.05) is 4.90 Å². The second kappa shape index (κ2) is 12.9. The molecule has 4 nitrogen and oxygen atoms in total. The zero-order valence-electron chi connectivity index (χ0n) is 26.5. The number of carbonyl (C=O) groups excluding carboxylic acids is 1. The molecule has 41 heavy (non-hydrogen) atoms. The summed E-state index contributed by atoms with van der Waals surface area (Å²) in [7, 11) is 0. The number of fused-ring (bicyclic) bond motifs is 1. The zero-order chi connectivity index (χ0) is 30.0. The van der Waals surface area contributed by atoms with Crippen molar-refractivity contribution in [2.24, 2.45) is 5.41 Å². The number of aliphatic hydroxyl groups is 1. The van der Waals surface area contributed by atoms with Gasteiger partial charge in [-0.3, -0.25) is 9.69 Å². The summed E-state index contributed by atoms with van der Waals surface area (Å²) in [6, 6.07) is 12.1. The number of benzene rings is 2. The summed E-state index contributed by atoms with van der Waals surface area (Å²) in [5, 5.41) is 11.3. The monoisotopic (exact) mass is 625 g/mol. The lowest BCUT2D eigenvalue weighted by Crippen LogP contribution is -2.47. The molecule has 1 aliphatic heterocycles. The van der Waals surface area contributed by atoms with E-state index in [1.165, 1.54) is 44.1 Å². The number of halogens is 1. The van der Waals surface area contributed by atoms with E-state index in [-0.39, 0.29) is 22.8 Å². The normalized spacial score (nSPS) is 19.3. The summed E-state index contributed by atoms with van der Waals surface area (Å²) in [5.74, 6) is -0.143. The Balaban J connectivity index is 1.59. The minimum atomic E-state index is -0.938. The molecule has 1 N–H and O–H groups in total. The van der Waals surface area contributed by atoms with Gasteiger partial charge in [0.1, 0.15) is 6.23 Å². The topological polar surface area (TPSA) is 49.8 Å². The molecule has 0 saturated heterocycles. The summed E-state index contributed by atoms with van der Waals surface area (Å²) in [5.41, 5.74) is 3.89. The number of nitrogens with zero attached hydrogens (tertiary/aromatic N) is 1. The summed E-state index contributed by atoms with van der Waals surface area (Å²) in [6.07, 6.45) is 11.8. The fraction of sp³-hybridized carbons (Fsp3) is 0.639. The van der Waals surface area contributed by atoms with E-state index in [1.807, 2.05) is 24.3 Å². The molecule has 4 rings (SSSR count). The molecule has 1 fully saturated rings. The molecule has 0 aromatic heterocycles. The molecule has 2 aliphatic rings. The molecule has 2 atom stereocenters. The molecule has 2 aromatic rings. The number of unbranched alkanes of at least 4 members (excludes halogenated alkanes) is 6. The average Bonchev–Trinajstić information content (AvgIpc) is 3.65. The van der Waals surface area contributed by atoms with Gasteiger partial charge in [0.25, 0.3) is 5.91 Å². The molecule has 1 amide bonds. The number of hydrogen-bond acceptors (Lipinski definition) is 3. The fourth-order valence-electron chi connectivity index (χ4n) is 6.31. The van der Waals surface area contributed by atoms with Crippen LogP contribution in [0.3, 0.4) is 0 Å². The Labute approximate surface area is 257 Å². The van der Waals surface area contributed by atoms with Gasteiger partial charge in [0.2, 0.25) is 0 Å². The van der Waals surface area contributed by atoms with Crippen LogP contribution in [0.4, 0.5) is 5.69 Å². The van der Waals surface area contributed by atoms with Crippen LogP contribution in [0.15, 0.2) is 40.9 Å². The van der Waals surface area contributed by atoms with Crippen molar-refractivity contribution in [2.45, 2.75) is 142 Å². The van der Waals surface area contributed by atoms with Crippen LogP contribution in [-0.2, 0) is 22.2 Å². The van der Waals surface area contributed by atoms with Crippen molar-refractivity contribution in [3.05, 3.63) is 63.1 Å². The van der Waals surface area contributed by atoms with Gasteiger partial charge < -0.3 is 9.84 Å². The first-order valence-electron chi connectivity index (χ1n) is 15.9. The van der Waals surface area contributed by atoms with E-state index < -0.39 is 11.8 Å². The highest BCUT2D eigenvalue weighted by molar-refractivity contribution is 9.10. The van der Waals surface area contributed by atoms with E-state index in [2.05, 4.69) is 76.5 Å². The van der Waals surface area contributed by atoms with Crippen LogP contribution in [-0.4, -0.2) is 23.3 Å². The Morgan fingerprint density at radius 2 is 1.68 bits per heavy atom. The van der Waals surface area contributed by atoms with Crippen molar-refractivity contribution in [1.29, 1.82) is 0 Å². The van der Waals surface area contributed by atoms with E-state index in [9.17, 15) is 9.90 Å². The summed E-state index contributed by atoms with van der Waals surface area (Å²) >= 11 is 3.80. The van der Waals surface area contributed by atoms with E-state index in [4.69, 9.17) is 4.74 Å². The predicted molar refractivity (Wildman–Crippen MR) is 174 cm³/mol. The quantitative estimate of drug-likeness (QED) is 0.225. The standard InChI is InChI=1S/C36H52BrNO3/c1-8-9-10-11-12-13-14-18-30(34(2,3)4)41-35(5,6)32-28(37)16-15-17-29(32)38-31(39)23-25-19-20-26(36(7)21-22-36)24-27(25)33(38)40/h15-17,19-20,24,30-31,39H,8-14,18,21-23H2,1-7H3. The minimum Gasteiger partial charge on any atom is -0.373 e. The highest BCUT2D eigenvalue weighted by Crippen LogP contribution is 2.49. The van der Waals surface area contributed by atoms with E-state index in [1.54, 1.807) is 4.90 Å². The Hall–Kier alpha value is -1.69. The molecule has 5 heteroatoms. The lowest BCUT2D eigenvalue weighted by molar-refractivity contribution is -0.122. The lowest BCUT2D eigenvalue weighted by Gasteiger charge is -2.42. The smallest absolute Gasteiger partial charge is 0.260 e. The number of anilines is 1. The molecule has 1 saturated carbocycles.